The predicted octanol–water partition coefficient (Wildman–Crippen LogP) is 3.32. The second kappa shape index (κ2) is 3.83. The summed E-state index contributed by atoms with van der Waals surface area (Å²) in [6.07, 6.45) is -3.37. The van der Waals surface area contributed by atoms with Gasteiger partial charge in [-0.1, -0.05) is 0 Å². The lowest BCUT2D eigenvalue weighted by atomic mass is 10.2. The predicted molar refractivity (Wildman–Crippen MR) is 57.9 cm³/mol. The average Bonchev–Trinajstić information content (AvgIpc) is 2.55. The first kappa shape index (κ1) is 12.1. The summed E-state index contributed by atoms with van der Waals surface area (Å²) in [5, 5.41) is 0. The summed E-state index contributed by atoms with van der Waals surface area (Å²) >= 11 is 3.08. The standard InChI is InChI=1S/C10H6BrF3N2O/c1-5(17)8-7-3-2-6(11)4-16(7)9(15-8)10(12,13)14/h2-4H,1H3. The van der Waals surface area contributed by atoms with E-state index < -0.39 is 17.8 Å². The lowest BCUT2D eigenvalue weighted by Gasteiger charge is -2.04. The Bertz CT molecular complexity index is 603. The maximum absolute atomic E-state index is 12.7. The normalized spacial score (nSPS) is 12.1. The van der Waals surface area contributed by atoms with E-state index in [9.17, 15) is 18.0 Å². The smallest absolute Gasteiger partial charge is 0.294 e. The topological polar surface area (TPSA) is 34.4 Å². The van der Waals surface area contributed by atoms with E-state index in [0.717, 1.165) is 4.40 Å². The fourth-order valence-corrected chi connectivity index (χ4v) is 1.86. The molecule has 90 valence electrons. The Kier molecular flexibility index (Phi) is 2.73. The van der Waals surface area contributed by atoms with Crippen LogP contribution in [0, 0.1) is 0 Å². The summed E-state index contributed by atoms with van der Waals surface area (Å²) in [7, 11) is 0. The average molecular weight is 307 g/mol. The summed E-state index contributed by atoms with van der Waals surface area (Å²) in [4.78, 5) is 14.6. The second-order valence-electron chi connectivity index (χ2n) is 3.44. The van der Waals surface area contributed by atoms with Gasteiger partial charge in [0.1, 0.15) is 5.69 Å². The minimum Gasteiger partial charge on any atom is -0.294 e. The molecule has 0 atom stereocenters. The van der Waals surface area contributed by atoms with E-state index in [0.29, 0.717) is 4.47 Å². The molecule has 0 bridgehead atoms. The fourth-order valence-electron chi connectivity index (χ4n) is 1.52. The molecule has 17 heavy (non-hydrogen) atoms. The zero-order valence-electron chi connectivity index (χ0n) is 8.55. The molecule has 0 aromatic carbocycles. The largest absolute Gasteiger partial charge is 0.450 e. The Morgan fingerprint density at radius 1 is 1.41 bits per heavy atom. The number of hydrogen-bond donors (Lipinski definition) is 0. The summed E-state index contributed by atoms with van der Waals surface area (Å²) in [6.45, 7) is 1.19. The summed E-state index contributed by atoms with van der Waals surface area (Å²) in [6, 6.07) is 2.98. The zero-order valence-corrected chi connectivity index (χ0v) is 10.1. The summed E-state index contributed by atoms with van der Waals surface area (Å²) < 4.78 is 39.5. The Labute approximate surface area is 102 Å². The first-order valence-electron chi connectivity index (χ1n) is 4.56. The van der Waals surface area contributed by atoms with E-state index in [-0.39, 0.29) is 11.2 Å². The van der Waals surface area contributed by atoms with Crippen LogP contribution in [0.1, 0.15) is 23.2 Å². The number of imidazole rings is 1. The highest BCUT2D eigenvalue weighted by atomic mass is 79.9. The molecule has 0 aliphatic heterocycles. The monoisotopic (exact) mass is 306 g/mol. The van der Waals surface area contributed by atoms with Gasteiger partial charge in [0.05, 0.1) is 5.52 Å². The summed E-state index contributed by atoms with van der Waals surface area (Å²) in [5.74, 6) is -1.60. The molecular weight excluding hydrogens is 301 g/mol. The quantitative estimate of drug-likeness (QED) is 0.758. The van der Waals surface area contributed by atoms with Gasteiger partial charge in [-0.15, -0.1) is 0 Å². The molecule has 0 fully saturated rings. The van der Waals surface area contributed by atoms with Gasteiger partial charge < -0.3 is 0 Å². The molecule has 2 rings (SSSR count). The van der Waals surface area contributed by atoms with E-state index >= 15 is 0 Å². The third kappa shape index (κ3) is 2.06. The summed E-state index contributed by atoms with van der Waals surface area (Å²) in [5.41, 5.74) is -0.0298. The van der Waals surface area contributed by atoms with Crippen LogP contribution >= 0.6 is 15.9 Å². The number of Topliss-reactive ketones (excluding diaryl/α,β-unsaturated/α-hetero) is 1. The SMILES string of the molecule is CC(=O)c1nc(C(F)(F)F)n2cc(Br)ccc12. The molecule has 7 heteroatoms. The molecule has 0 aliphatic rings. The first-order chi connectivity index (χ1) is 7.80. The highest BCUT2D eigenvalue weighted by Gasteiger charge is 2.37. The Morgan fingerprint density at radius 2 is 2.06 bits per heavy atom. The lowest BCUT2D eigenvalue weighted by molar-refractivity contribution is -0.145. The van der Waals surface area contributed by atoms with Gasteiger partial charge in [-0.2, -0.15) is 13.2 Å². The molecule has 0 unspecified atom stereocenters. The molecule has 0 N–H and O–H groups in total. The molecule has 3 nitrogen and oxygen atoms in total. The minimum atomic E-state index is -4.60. The molecule has 0 saturated heterocycles. The molecule has 2 aromatic rings. The van der Waals surface area contributed by atoms with Gasteiger partial charge in [-0.05, 0) is 28.1 Å². The van der Waals surface area contributed by atoms with Gasteiger partial charge in [0, 0.05) is 17.6 Å². The molecule has 0 saturated carbocycles. The van der Waals surface area contributed by atoms with E-state index in [4.69, 9.17) is 0 Å². The van der Waals surface area contributed by atoms with Crippen LogP contribution in [0.25, 0.3) is 5.52 Å². The van der Waals surface area contributed by atoms with E-state index in [1.807, 2.05) is 0 Å². The molecule has 2 heterocycles. The van der Waals surface area contributed by atoms with Crippen molar-refractivity contribution < 1.29 is 18.0 Å². The van der Waals surface area contributed by atoms with Crippen molar-refractivity contribution in [1.82, 2.24) is 9.38 Å². The van der Waals surface area contributed by atoms with Gasteiger partial charge in [-0.25, -0.2) is 4.98 Å². The highest BCUT2D eigenvalue weighted by Crippen LogP contribution is 2.31. The number of fused-ring (bicyclic) bond motifs is 1. The number of ketones is 1. The van der Waals surface area contributed by atoms with Crippen molar-refractivity contribution in [2.75, 3.05) is 0 Å². The Balaban J connectivity index is 2.85. The van der Waals surface area contributed by atoms with Crippen molar-refractivity contribution in [3.63, 3.8) is 0 Å². The molecule has 0 spiro atoms. The molecular formula is C10H6BrF3N2O. The van der Waals surface area contributed by atoms with Crippen molar-refractivity contribution in [3.8, 4) is 0 Å². The van der Waals surface area contributed by atoms with Crippen LogP contribution in [0.3, 0.4) is 0 Å². The van der Waals surface area contributed by atoms with Crippen LogP contribution in [-0.2, 0) is 6.18 Å². The zero-order chi connectivity index (χ0) is 12.8. The number of halogens is 4. The van der Waals surface area contributed by atoms with Crippen molar-refractivity contribution >= 4 is 27.2 Å². The van der Waals surface area contributed by atoms with Crippen molar-refractivity contribution in [3.05, 3.63) is 34.3 Å². The van der Waals surface area contributed by atoms with E-state index in [2.05, 4.69) is 20.9 Å². The Hall–Kier alpha value is -1.37. The third-order valence-corrected chi connectivity index (χ3v) is 2.66. The number of nitrogens with zero attached hydrogens (tertiary/aromatic N) is 2. The van der Waals surface area contributed by atoms with Crippen LogP contribution < -0.4 is 0 Å². The van der Waals surface area contributed by atoms with Crippen molar-refractivity contribution in [1.29, 1.82) is 0 Å². The maximum Gasteiger partial charge on any atom is 0.450 e. The van der Waals surface area contributed by atoms with E-state index in [1.165, 1.54) is 19.2 Å². The fraction of sp³-hybridized carbons (Fsp3) is 0.200. The molecule has 0 amide bonds. The third-order valence-electron chi connectivity index (χ3n) is 2.19. The van der Waals surface area contributed by atoms with Crippen LogP contribution in [0.2, 0.25) is 0 Å². The van der Waals surface area contributed by atoms with Crippen LogP contribution in [0.5, 0.6) is 0 Å². The first-order valence-corrected chi connectivity index (χ1v) is 5.36. The minimum absolute atomic E-state index is 0.146. The van der Waals surface area contributed by atoms with Gasteiger partial charge in [0.25, 0.3) is 0 Å². The van der Waals surface area contributed by atoms with Crippen molar-refractivity contribution in [2.24, 2.45) is 0 Å². The van der Waals surface area contributed by atoms with Crippen molar-refractivity contribution in [2.45, 2.75) is 13.1 Å². The van der Waals surface area contributed by atoms with Gasteiger partial charge in [0.15, 0.2) is 5.78 Å². The Morgan fingerprint density at radius 3 is 2.59 bits per heavy atom. The molecule has 0 radical (unpaired) electrons. The van der Waals surface area contributed by atoms with Crippen LogP contribution in [0.15, 0.2) is 22.8 Å². The van der Waals surface area contributed by atoms with E-state index in [1.54, 1.807) is 6.07 Å². The maximum atomic E-state index is 12.7. The molecule has 2 aromatic heterocycles. The van der Waals surface area contributed by atoms with Gasteiger partial charge in [-0.3, -0.25) is 9.20 Å². The van der Waals surface area contributed by atoms with Gasteiger partial charge in [0.2, 0.25) is 5.82 Å². The highest BCUT2D eigenvalue weighted by molar-refractivity contribution is 9.10. The second-order valence-corrected chi connectivity index (χ2v) is 4.36. The number of rotatable bonds is 1. The number of aromatic nitrogens is 2. The van der Waals surface area contributed by atoms with Crippen LogP contribution in [0.4, 0.5) is 13.2 Å². The number of pyridine rings is 1. The number of alkyl halides is 3. The lowest BCUT2D eigenvalue weighted by Crippen LogP contribution is -2.10. The number of carbonyl (C=O) groups is 1. The van der Waals surface area contributed by atoms with Crippen LogP contribution in [-0.4, -0.2) is 15.2 Å². The molecule has 0 aliphatic carbocycles. The number of hydrogen-bond acceptors (Lipinski definition) is 2. The van der Waals surface area contributed by atoms with Gasteiger partial charge >= 0.3 is 6.18 Å². The number of carbonyl (C=O) groups excluding carboxylic acids is 1.